The lowest BCUT2D eigenvalue weighted by molar-refractivity contribution is -0.120. The van der Waals surface area contributed by atoms with Crippen molar-refractivity contribution in [3.05, 3.63) is 58.1 Å². The van der Waals surface area contributed by atoms with Gasteiger partial charge in [0.05, 0.1) is 15.7 Å². The largest absolute Gasteiger partial charge is 0.323 e. The van der Waals surface area contributed by atoms with E-state index in [9.17, 15) is 9.59 Å². The SMILES string of the molecule is CCc1ccccc1N(CC(=O)Nc1cccc(Cl)c1Cl)C(C)=O. The van der Waals surface area contributed by atoms with Gasteiger partial charge in [0, 0.05) is 12.6 Å². The predicted molar refractivity (Wildman–Crippen MR) is 98.9 cm³/mol. The summed E-state index contributed by atoms with van der Waals surface area (Å²) in [6.45, 7) is 3.34. The van der Waals surface area contributed by atoms with Gasteiger partial charge in [-0.15, -0.1) is 0 Å². The molecule has 2 aromatic carbocycles. The lowest BCUT2D eigenvalue weighted by atomic mass is 10.1. The highest BCUT2D eigenvalue weighted by Gasteiger charge is 2.18. The van der Waals surface area contributed by atoms with E-state index in [0.717, 1.165) is 17.7 Å². The summed E-state index contributed by atoms with van der Waals surface area (Å²) in [6.07, 6.45) is 0.766. The van der Waals surface area contributed by atoms with E-state index in [2.05, 4.69) is 5.32 Å². The molecular formula is C18H18Cl2N2O2. The van der Waals surface area contributed by atoms with Crippen molar-refractivity contribution in [2.45, 2.75) is 20.3 Å². The summed E-state index contributed by atoms with van der Waals surface area (Å²) in [5.41, 5.74) is 2.16. The Hall–Kier alpha value is -2.04. The van der Waals surface area contributed by atoms with E-state index in [1.54, 1.807) is 18.2 Å². The fourth-order valence-corrected chi connectivity index (χ4v) is 2.72. The second-order valence-corrected chi connectivity index (χ2v) is 6.02. The number of hydrogen-bond donors (Lipinski definition) is 1. The number of para-hydroxylation sites is 1. The second-order valence-electron chi connectivity index (χ2n) is 5.24. The van der Waals surface area contributed by atoms with Gasteiger partial charge < -0.3 is 10.2 Å². The molecule has 1 N–H and O–H groups in total. The number of anilines is 2. The van der Waals surface area contributed by atoms with Crippen LogP contribution in [0.2, 0.25) is 10.0 Å². The third-order valence-electron chi connectivity index (χ3n) is 3.57. The Morgan fingerprint density at radius 3 is 2.46 bits per heavy atom. The van der Waals surface area contributed by atoms with Gasteiger partial charge in [-0.2, -0.15) is 0 Å². The molecular weight excluding hydrogens is 347 g/mol. The lowest BCUT2D eigenvalue weighted by Crippen LogP contribution is -2.37. The number of nitrogens with zero attached hydrogens (tertiary/aromatic N) is 1. The molecule has 0 heterocycles. The number of rotatable bonds is 5. The van der Waals surface area contributed by atoms with Crippen molar-refractivity contribution in [3.63, 3.8) is 0 Å². The lowest BCUT2D eigenvalue weighted by Gasteiger charge is -2.23. The van der Waals surface area contributed by atoms with Gasteiger partial charge in [-0.3, -0.25) is 9.59 Å². The van der Waals surface area contributed by atoms with Gasteiger partial charge in [0.2, 0.25) is 11.8 Å². The van der Waals surface area contributed by atoms with E-state index < -0.39 is 0 Å². The van der Waals surface area contributed by atoms with Crippen LogP contribution >= 0.6 is 23.2 Å². The van der Waals surface area contributed by atoms with Crippen LogP contribution in [0.15, 0.2) is 42.5 Å². The molecule has 0 saturated heterocycles. The fourth-order valence-electron chi connectivity index (χ4n) is 2.37. The zero-order chi connectivity index (χ0) is 17.7. The van der Waals surface area contributed by atoms with Gasteiger partial charge in [-0.05, 0) is 30.2 Å². The Morgan fingerprint density at radius 2 is 1.79 bits per heavy atom. The maximum Gasteiger partial charge on any atom is 0.244 e. The van der Waals surface area contributed by atoms with Crippen molar-refractivity contribution in [2.24, 2.45) is 0 Å². The molecule has 2 amide bonds. The highest BCUT2D eigenvalue weighted by Crippen LogP contribution is 2.29. The van der Waals surface area contributed by atoms with Crippen LogP contribution in [0.1, 0.15) is 19.4 Å². The smallest absolute Gasteiger partial charge is 0.244 e. The Morgan fingerprint density at radius 1 is 1.08 bits per heavy atom. The predicted octanol–water partition coefficient (Wildman–Crippen LogP) is 4.55. The standard InChI is InChI=1S/C18H18Cl2N2O2/c1-3-13-7-4-5-10-16(13)22(12(2)23)11-17(24)21-15-9-6-8-14(19)18(15)20/h4-10H,3,11H2,1-2H3,(H,21,24). The second kappa shape index (κ2) is 8.18. The molecule has 0 saturated carbocycles. The van der Waals surface area contributed by atoms with Gasteiger partial charge in [0.15, 0.2) is 0 Å². The van der Waals surface area contributed by atoms with Gasteiger partial charge >= 0.3 is 0 Å². The Bertz CT molecular complexity index is 762. The van der Waals surface area contributed by atoms with E-state index in [0.29, 0.717) is 10.7 Å². The molecule has 24 heavy (non-hydrogen) atoms. The molecule has 0 bridgehead atoms. The number of carbonyl (C=O) groups is 2. The van der Waals surface area contributed by atoms with Gasteiger partial charge in [0.1, 0.15) is 6.54 Å². The van der Waals surface area contributed by atoms with E-state index in [-0.39, 0.29) is 23.4 Å². The van der Waals surface area contributed by atoms with Crippen molar-refractivity contribution < 1.29 is 9.59 Å². The van der Waals surface area contributed by atoms with Crippen LogP contribution in [0.25, 0.3) is 0 Å². The van der Waals surface area contributed by atoms with Crippen LogP contribution in [0, 0.1) is 0 Å². The van der Waals surface area contributed by atoms with E-state index in [1.807, 2.05) is 31.2 Å². The molecule has 0 aliphatic carbocycles. The van der Waals surface area contributed by atoms with Crippen LogP contribution in [0.5, 0.6) is 0 Å². The monoisotopic (exact) mass is 364 g/mol. The normalized spacial score (nSPS) is 10.3. The molecule has 126 valence electrons. The molecule has 0 spiro atoms. The summed E-state index contributed by atoms with van der Waals surface area (Å²) in [7, 11) is 0. The number of nitrogens with one attached hydrogen (secondary N) is 1. The molecule has 0 atom stereocenters. The number of amides is 2. The number of carbonyl (C=O) groups excluding carboxylic acids is 2. The first-order chi connectivity index (χ1) is 11.4. The Balaban J connectivity index is 2.20. The van der Waals surface area contributed by atoms with E-state index >= 15 is 0 Å². The molecule has 4 nitrogen and oxygen atoms in total. The van der Waals surface area contributed by atoms with Crippen molar-refractivity contribution in [1.29, 1.82) is 0 Å². The summed E-state index contributed by atoms with van der Waals surface area (Å²) < 4.78 is 0. The molecule has 2 aromatic rings. The molecule has 0 aromatic heterocycles. The highest BCUT2D eigenvalue weighted by atomic mass is 35.5. The van der Waals surface area contributed by atoms with Gasteiger partial charge in [-0.1, -0.05) is 54.4 Å². The first-order valence-corrected chi connectivity index (χ1v) is 8.29. The van der Waals surface area contributed by atoms with Crippen LogP contribution in [-0.2, 0) is 16.0 Å². The summed E-state index contributed by atoms with van der Waals surface area (Å²) >= 11 is 12.0. The minimum Gasteiger partial charge on any atom is -0.323 e. The van der Waals surface area contributed by atoms with E-state index in [4.69, 9.17) is 23.2 Å². The minimum atomic E-state index is -0.347. The molecule has 0 fully saturated rings. The van der Waals surface area contributed by atoms with Crippen LogP contribution in [0.3, 0.4) is 0 Å². The highest BCUT2D eigenvalue weighted by molar-refractivity contribution is 6.44. The van der Waals surface area contributed by atoms with Crippen molar-refractivity contribution in [3.8, 4) is 0 Å². The van der Waals surface area contributed by atoms with E-state index in [1.165, 1.54) is 11.8 Å². The fraction of sp³-hybridized carbons (Fsp3) is 0.222. The summed E-state index contributed by atoms with van der Waals surface area (Å²) in [5, 5.41) is 3.32. The van der Waals surface area contributed by atoms with Crippen molar-refractivity contribution >= 4 is 46.4 Å². The van der Waals surface area contributed by atoms with Crippen molar-refractivity contribution in [2.75, 3.05) is 16.8 Å². The van der Waals surface area contributed by atoms with Crippen molar-refractivity contribution in [1.82, 2.24) is 0 Å². The topological polar surface area (TPSA) is 49.4 Å². The van der Waals surface area contributed by atoms with Crippen LogP contribution in [-0.4, -0.2) is 18.4 Å². The number of hydrogen-bond acceptors (Lipinski definition) is 2. The maximum atomic E-state index is 12.4. The molecule has 0 aliphatic heterocycles. The minimum absolute atomic E-state index is 0.102. The Kier molecular flexibility index (Phi) is 6.23. The zero-order valence-corrected chi connectivity index (χ0v) is 15.0. The first kappa shape index (κ1) is 18.3. The number of aryl methyl sites for hydroxylation is 1. The van der Waals surface area contributed by atoms with Gasteiger partial charge in [0.25, 0.3) is 0 Å². The summed E-state index contributed by atoms with van der Waals surface area (Å²) in [4.78, 5) is 25.8. The summed E-state index contributed by atoms with van der Waals surface area (Å²) in [6, 6.07) is 12.5. The van der Waals surface area contributed by atoms with Crippen LogP contribution in [0.4, 0.5) is 11.4 Å². The summed E-state index contributed by atoms with van der Waals surface area (Å²) in [5.74, 6) is -0.552. The average Bonchev–Trinajstić information content (AvgIpc) is 2.56. The van der Waals surface area contributed by atoms with Gasteiger partial charge in [-0.25, -0.2) is 0 Å². The average molecular weight is 365 g/mol. The molecule has 2 rings (SSSR count). The molecule has 0 radical (unpaired) electrons. The first-order valence-electron chi connectivity index (χ1n) is 7.54. The molecule has 6 heteroatoms. The Labute approximate surface area is 151 Å². The number of halogens is 2. The zero-order valence-electron chi connectivity index (χ0n) is 13.5. The third-order valence-corrected chi connectivity index (χ3v) is 4.39. The quantitative estimate of drug-likeness (QED) is 0.845. The molecule has 0 unspecified atom stereocenters. The maximum absolute atomic E-state index is 12.4. The third kappa shape index (κ3) is 4.28. The number of benzene rings is 2. The molecule has 0 aliphatic rings. The van der Waals surface area contributed by atoms with Crippen LogP contribution < -0.4 is 10.2 Å².